The number of imidazole rings is 1. The van der Waals surface area contributed by atoms with E-state index in [2.05, 4.69) is 9.80 Å². The zero-order valence-electron chi connectivity index (χ0n) is 22.0. The first-order valence-corrected chi connectivity index (χ1v) is 14.6. The van der Waals surface area contributed by atoms with Gasteiger partial charge in [0.25, 0.3) is 0 Å². The van der Waals surface area contributed by atoms with Crippen LogP contribution in [0.4, 0.5) is 5.69 Å². The topological polar surface area (TPSA) is 79.6 Å². The molecule has 0 spiro atoms. The first kappa shape index (κ1) is 27.5. The third-order valence-electron chi connectivity index (χ3n) is 6.56. The number of aromatic nitrogens is 2. The van der Waals surface area contributed by atoms with Crippen LogP contribution in [-0.2, 0) is 10.0 Å². The Morgan fingerprint density at radius 2 is 1.92 bits per heavy atom. The number of fused-ring (bicyclic) bond motifs is 1. The van der Waals surface area contributed by atoms with Gasteiger partial charge in [-0.15, -0.1) is 0 Å². The largest absolute Gasteiger partial charge is 0.495 e. The van der Waals surface area contributed by atoms with Crippen LogP contribution < -0.4 is 14.4 Å². The third kappa shape index (κ3) is 6.49. The molecule has 0 aliphatic carbocycles. The summed E-state index contributed by atoms with van der Waals surface area (Å²) in [5.41, 5.74) is 3.37. The first-order chi connectivity index (χ1) is 17.7. The minimum absolute atomic E-state index is 0.131. The second-order valence-electron chi connectivity index (χ2n) is 9.40. The molecule has 3 aromatic rings. The van der Waals surface area contributed by atoms with Crippen molar-refractivity contribution in [3.63, 3.8) is 0 Å². The molecule has 0 atom stereocenters. The average Bonchev–Trinajstić information content (AvgIpc) is 3.13. The lowest BCUT2D eigenvalue weighted by atomic mass is 10.1. The molecule has 0 amide bonds. The lowest BCUT2D eigenvalue weighted by Crippen LogP contribution is -2.36. The van der Waals surface area contributed by atoms with Gasteiger partial charge in [-0.05, 0) is 46.0 Å². The van der Waals surface area contributed by atoms with Crippen molar-refractivity contribution in [3.8, 4) is 22.8 Å². The second kappa shape index (κ2) is 11.9. The van der Waals surface area contributed by atoms with E-state index in [1.54, 1.807) is 18.3 Å². The van der Waals surface area contributed by atoms with E-state index < -0.39 is 10.0 Å². The SMILES string of the molecule is CCS(=O)(=O)N1CCCN(c2ccn3cc(-c4cc(Cl)c(OC)cc4OCCCN(C)C)nc3c2)CC1. The van der Waals surface area contributed by atoms with E-state index in [1.807, 2.05) is 55.2 Å². The Labute approximate surface area is 224 Å². The van der Waals surface area contributed by atoms with Crippen LogP contribution in [0.3, 0.4) is 0 Å². The number of rotatable bonds is 10. The highest BCUT2D eigenvalue weighted by Gasteiger charge is 2.24. The molecule has 1 saturated heterocycles. The molecule has 1 aliphatic heterocycles. The van der Waals surface area contributed by atoms with Gasteiger partial charge in [0.05, 0.1) is 30.2 Å². The standard InChI is InChI=1S/C26H36ClN5O4S/c1-5-37(33,34)32-11-6-10-30(13-14-32)20-8-12-31-19-23(28-26(31)16-20)21-17-22(27)25(35-4)18-24(21)36-15-7-9-29(2)3/h8,12,16-19H,5-7,9-11,13-15H2,1-4H3. The molecule has 1 aromatic carbocycles. The third-order valence-corrected chi connectivity index (χ3v) is 8.74. The summed E-state index contributed by atoms with van der Waals surface area (Å²) in [5.74, 6) is 1.36. The number of methoxy groups -OCH3 is 1. The van der Waals surface area contributed by atoms with Crippen LogP contribution in [0.15, 0.2) is 36.7 Å². The second-order valence-corrected chi connectivity index (χ2v) is 12.1. The predicted molar refractivity (Wildman–Crippen MR) is 149 cm³/mol. The van der Waals surface area contributed by atoms with Crippen LogP contribution in [0.25, 0.3) is 16.9 Å². The van der Waals surface area contributed by atoms with Crippen LogP contribution in [0.2, 0.25) is 5.02 Å². The van der Waals surface area contributed by atoms with Crippen LogP contribution in [0, 0.1) is 0 Å². The smallest absolute Gasteiger partial charge is 0.213 e. The summed E-state index contributed by atoms with van der Waals surface area (Å²) in [7, 11) is 2.48. The summed E-state index contributed by atoms with van der Waals surface area (Å²) >= 11 is 6.47. The molecule has 1 aliphatic rings. The van der Waals surface area contributed by atoms with Crippen LogP contribution >= 0.6 is 11.6 Å². The van der Waals surface area contributed by atoms with Gasteiger partial charge in [0, 0.05) is 68.5 Å². The van der Waals surface area contributed by atoms with Crippen molar-refractivity contribution in [2.45, 2.75) is 19.8 Å². The van der Waals surface area contributed by atoms with Crippen molar-refractivity contribution < 1.29 is 17.9 Å². The fraction of sp³-hybridized carbons (Fsp3) is 0.500. The highest BCUT2D eigenvalue weighted by Crippen LogP contribution is 2.38. The molecule has 37 heavy (non-hydrogen) atoms. The molecule has 1 fully saturated rings. The van der Waals surface area contributed by atoms with Gasteiger partial charge in [-0.1, -0.05) is 11.6 Å². The van der Waals surface area contributed by atoms with Crippen LogP contribution in [0.1, 0.15) is 19.8 Å². The van der Waals surface area contributed by atoms with Gasteiger partial charge in [0.2, 0.25) is 10.0 Å². The van der Waals surface area contributed by atoms with Gasteiger partial charge >= 0.3 is 0 Å². The maximum atomic E-state index is 12.3. The van der Waals surface area contributed by atoms with Crippen molar-refractivity contribution in [1.29, 1.82) is 0 Å². The Hall–Kier alpha value is -2.53. The summed E-state index contributed by atoms with van der Waals surface area (Å²) in [6, 6.07) is 7.73. The minimum Gasteiger partial charge on any atom is -0.495 e. The molecule has 0 unspecified atom stereocenters. The van der Waals surface area contributed by atoms with Gasteiger partial charge in [-0.2, -0.15) is 0 Å². The monoisotopic (exact) mass is 549 g/mol. The molecule has 0 radical (unpaired) electrons. The summed E-state index contributed by atoms with van der Waals surface area (Å²) < 4.78 is 39.8. The Morgan fingerprint density at radius 1 is 1.11 bits per heavy atom. The molecular formula is C26H36ClN5O4S. The van der Waals surface area contributed by atoms with E-state index in [0.29, 0.717) is 42.8 Å². The van der Waals surface area contributed by atoms with Gasteiger partial charge in [-0.3, -0.25) is 0 Å². The molecular weight excluding hydrogens is 514 g/mol. The van der Waals surface area contributed by atoms with Gasteiger partial charge in [0.1, 0.15) is 17.1 Å². The molecule has 11 heteroatoms. The summed E-state index contributed by atoms with van der Waals surface area (Å²) in [6.45, 7) is 5.65. The number of pyridine rings is 1. The molecule has 0 bridgehead atoms. The van der Waals surface area contributed by atoms with Crippen molar-refractivity contribution in [2.24, 2.45) is 0 Å². The number of anilines is 1. The number of hydrogen-bond acceptors (Lipinski definition) is 7. The number of sulfonamides is 1. The molecule has 4 rings (SSSR count). The van der Waals surface area contributed by atoms with Crippen molar-refractivity contribution in [3.05, 3.63) is 41.7 Å². The maximum absolute atomic E-state index is 12.3. The lowest BCUT2D eigenvalue weighted by Gasteiger charge is -2.23. The van der Waals surface area contributed by atoms with E-state index >= 15 is 0 Å². The van der Waals surface area contributed by atoms with E-state index in [4.69, 9.17) is 26.1 Å². The van der Waals surface area contributed by atoms with E-state index in [9.17, 15) is 8.42 Å². The number of benzene rings is 1. The predicted octanol–water partition coefficient (Wildman–Crippen LogP) is 3.86. The van der Waals surface area contributed by atoms with Crippen LogP contribution in [-0.4, -0.2) is 93.3 Å². The van der Waals surface area contributed by atoms with E-state index in [1.165, 1.54) is 0 Å². The molecule has 2 aromatic heterocycles. The van der Waals surface area contributed by atoms with Gasteiger partial charge in [0.15, 0.2) is 0 Å². The molecule has 9 nitrogen and oxygen atoms in total. The zero-order valence-corrected chi connectivity index (χ0v) is 23.6. The maximum Gasteiger partial charge on any atom is 0.213 e. The number of nitrogens with zero attached hydrogens (tertiary/aromatic N) is 5. The Bertz CT molecular complexity index is 1330. The van der Waals surface area contributed by atoms with Crippen molar-refractivity contribution in [2.75, 3.05) is 71.2 Å². The van der Waals surface area contributed by atoms with E-state index in [0.717, 1.165) is 48.5 Å². The molecule has 0 saturated carbocycles. The number of hydrogen-bond donors (Lipinski definition) is 0. The fourth-order valence-electron chi connectivity index (χ4n) is 4.48. The minimum atomic E-state index is -3.18. The average molecular weight is 550 g/mol. The van der Waals surface area contributed by atoms with Crippen LogP contribution in [0.5, 0.6) is 11.5 Å². The zero-order chi connectivity index (χ0) is 26.6. The van der Waals surface area contributed by atoms with Crippen molar-refractivity contribution in [1.82, 2.24) is 18.6 Å². The summed E-state index contributed by atoms with van der Waals surface area (Å²) in [4.78, 5) is 9.23. The van der Waals surface area contributed by atoms with Gasteiger partial charge < -0.3 is 23.7 Å². The Kier molecular flexibility index (Phi) is 8.84. The van der Waals surface area contributed by atoms with E-state index in [-0.39, 0.29) is 5.75 Å². The highest BCUT2D eigenvalue weighted by molar-refractivity contribution is 7.89. The Balaban J connectivity index is 1.59. The summed E-state index contributed by atoms with van der Waals surface area (Å²) in [5, 5.41) is 0.493. The molecule has 202 valence electrons. The number of ether oxygens (including phenoxy) is 2. The highest BCUT2D eigenvalue weighted by atomic mass is 35.5. The summed E-state index contributed by atoms with van der Waals surface area (Å²) in [6.07, 6.45) is 5.61. The number of halogens is 1. The quantitative estimate of drug-likeness (QED) is 0.355. The first-order valence-electron chi connectivity index (χ1n) is 12.6. The normalized spacial score (nSPS) is 15.4. The molecule has 0 N–H and O–H groups in total. The fourth-order valence-corrected chi connectivity index (χ4v) is 5.86. The molecule has 3 heterocycles. The Morgan fingerprint density at radius 3 is 2.65 bits per heavy atom. The van der Waals surface area contributed by atoms with Crippen molar-refractivity contribution >= 4 is 33.0 Å². The van der Waals surface area contributed by atoms with Gasteiger partial charge in [-0.25, -0.2) is 17.7 Å². The lowest BCUT2D eigenvalue weighted by molar-refractivity contribution is 0.281.